The predicted octanol–water partition coefficient (Wildman–Crippen LogP) is 0.595. The van der Waals surface area contributed by atoms with Crippen LogP contribution in [0.2, 0.25) is 0 Å². The smallest absolute Gasteiger partial charge is 0.323 e. The van der Waals surface area contributed by atoms with E-state index in [9.17, 15) is 4.79 Å². The van der Waals surface area contributed by atoms with E-state index in [1.807, 2.05) is 0 Å². The third kappa shape index (κ3) is 4.23. The lowest BCUT2D eigenvalue weighted by Gasteiger charge is -2.39. The molecule has 3 N–H and O–H groups in total. The number of rotatable bonds is 6. The number of likely N-dealkylation sites (N-methyl/N-ethyl adjacent to an activating group) is 1. The van der Waals surface area contributed by atoms with Crippen LogP contribution in [0.5, 0.6) is 0 Å². The topological polar surface area (TPSA) is 69.8 Å². The fourth-order valence-electron chi connectivity index (χ4n) is 2.43. The minimum atomic E-state index is -1.09. The molecular formula is C13H27N3O2. The van der Waals surface area contributed by atoms with Gasteiger partial charge in [-0.05, 0) is 39.8 Å². The number of nitrogens with zero attached hydrogens (tertiary/aromatic N) is 2. The summed E-state index contributed by atoms with van der Waals surface area (Å²) >= 11 is 0. The van der Waals surface area contributed by atoms with Gasteiger partial charge in [-0.1, -0.05) is 6.92 Å². The molecule has 1 fully saturated rings. The first-order chi connectivity index (χ1) is 8.36. The molecule has 0 saturated carbocycles. The normalized spacial score (nSPS) is 25.9. The molecule has 0 aliphatic carbocycles. The van der Waals surface area contributed by atoms with Crippen molar-refractivity contribution in [2.75, 3.05) is 33.2 Å². The summed E-state index contributed by atoms with van der Waals surface area (Å²) in [5, 5.41) is 8.95. The monoisotopic (exact) mass is 257 g/mol. The molecule has 0 radical (unpaired) electrons. The molecule has 0 amide bonds. The maximum Gasteiger partial charge on any atom is 0.323 e. The van der Waals surface area contributed by atoms with Crippen molar-refractivity contribution in [2.24, 2.45) is 5.73 Å². The van der Waals surface area contributed by atoms with Crippen molar-refractivity contribution >= 4 is 5.97 Å². The minimum absolute atomic E-state index is 0.533. The van der Waals surface area contributed by atoms with Crippen LogP contribution in [-0.4, -0.2) is 65.7 Å². The van der Waals surface area contributed by atoms with Gasteiger partial charge in [-0.2, -0.15) is 0 Å². The molecule has 0 bridgehead atoms. The lowest BCUT2D eigenvalue weighted by Crippen LogP contribution is -2.51. The highest BCUT2D eigenvalue weighted by Crippen LogP contribution is 2.14. The van der Waals surface area contributed by atoms with Gasteiger partial charge in [-0.25, -0.2) is 0 Å². The van der Waals surface area contributed by atoms with Gasteiger partial charge in [-0.3, -0.25) is 4.79 Å². The van der Waals surface area contributed by atoms with Gasteiger partial charge in [0.2, 0.25) is 0 Å². The zero-order chi connectivity index (χ0) is 13.8. The number of carboxylic acids is 1. The van der Waals surface area contributed by atoms with Gasteiger partial charge in [0, 0.05) is 25.7 Å². The van der Waals surface area contributed by atoms with Crippen LogP contribution in [0.15, 0.2) is 0 Å². The first kappa shape index (κ1) is 15.4. The fraction of sp³-hybridized carbons (Fsp3) is 0.923. The molecular weight excluding hydrogens is 230 g/mol. The van der Waals surface area contributed by atoms with Gasteiger partial charge in [0.1, 0.15) is 5.54 Å². The lowest BCUT2D eigenvalue weighted by atomic mass is 9.97. The Morgan fingerprint density at radius 3 is 2.72 bits per heavy atom. The first-order valence-electron chi connectivity index (χ1n) is 6.81. The molecule has 0 aromatic carbocycles. The maximum absolute atomic E-state index is 10.9. The van der Waals surface area contributed by atoms with Gasteiger partial charge in [0.15, 0.2) is 0 Å². The molecule has 1 heterocycles. The van der Waals surface area contributed by atoms with E-state index in [-0.39, 0.29) is 0 Å². The van der Waals surface area contributed by atoms with Crippen molar-refractivity contribution in [1.82, 2.24) is 9.80 Å². The van der Waals surface area contributed by atoms with E-state index in [1.165, 1.54) is 0 Å². The van der Waals surface area contributed by atoms with E-state index in [2.05, 4.69) is 23.8 Å². The Morgan fingerprint density at radius 1 is 1.50 bits per heavy atom. The SMILES string of the molecule is CCC1CN(CCCC(C)(N)C(=O)O)CCN1C. The number of nitrogens with two attached hydrogens (primary N) is 1. The number of piperazine rings is 1. The van der Waals surface area contributed by atoms with Gasteiger partial charge in [0.05, 0.1) is 0 Å². The van der Waals surface area contributed by atoms with E-state index >= 15 is 0 Å². The van der Waals surface area contributed by atoms with Crippen molar-refractivity contribution in [3.63, 3.8) is 0 Å². The van der Waals surface area contributed by atoms with Crippen molar-refractivity contribution in [1.29, 1.82) is 0 Å². The number of hydrogen-bond acceptors (Lipinski definition) is 4. The molecule has 1 aliphatic rings. The first-order valence-corrected chi connectivity index (χ1v) is 6.81. The molecule has 2 atom stereocenters. The molecule has 2 unspecified atom stereocenters. The molecule has 0 aromatic heterocycles. The van der Waals surface area contributed by atoms with Crippen LogP contribution >= 0.6 is 0 Å². The molecule has 5 nitrogen and oxygen atoms in total. The molecule has 1 saturated heterocycles. The zero-order valence-electron chi connectivity index (χ0n) is 11.9. The highest BCUT2D eigenvalue weighted by molar-refractivity contribution is 5.77. The van der Waals surface area contributed by atoms with Crippen LogP contribution < -0.4 is 5.73 Å². The molecule has 18 heavy (non-hydrogen) atoms. The van der Waals surface area contributed by atoms with Crippen LogP contribution in [0.25, 0.3) is 0 Å². The minimum Gasteiger partial charge on any atom is -0.480 e. The number of carboxylic acid groups (broad SMARTS) is 1. The summed E-state index contributed by atoms with van der Waals surface area (Å²) < 4.78 is 0. The molecule has 0 aromatic rings. The largest absolute Gasteiger partial charge is 0.480 e. The number of carbonyl (C=O) groups is 1. The third-order valence-electron chi connectivity index (χ3n) is 3.99. The summed E-state index contributed by atoms with van der Waals surface area (Å²) in [6.45, 7) is 8.00. The summed E-state index contributed by atoms with van der Waals surface area (Å²) in [6.07, 6.45) is 2.54. The Hall–Kier alpha value is -0.650. The van der Waals surface area contributed by atoms with E-state index in [0.717, 1.165) is 39.0 Å². The quantitative estimate of drug-likeness (QED) is 0.729. The van der Waals surface area contributed by atoms with Gasteiger partial charge < -0.3 is 20.6 Å². The molecule has 1 rings (SSSR count). The van der Waals surface area contributed by atoms with Crippen LogP contribution in [0.4, 0.5) is 0 Å². The van der Waals surface area contributed by atoms with Crippen LogP contribution in [-0.2, 0) is 4.79 Å². The van der Waals surface area contributed by atoms with E-state index in [4.69, 9.17) is 10.8 Å². The fourth-order valence-corrected chi connectivity index (χ4v) is 2.43. The number of aliphatic carboxylic acids is 1. The molecule has 1 aliphatic heterocycles. The second-order valence-corrected chi connectivity index (χ2v) is 5.67. The van der Waals surface area contributed by atoms with Crippen LogP contribution in [0.3, 0.4) is 0 Å². The van der Waals surface area contributed by atoms with Crippen LogP contribution in [0, 0.1) is 0 Å². The Kier molecular flexibility index (Phi) is 5.56. The summed E-state index contributed by atoms with van der Waals surface area (Å²) in [5.41, 5.74) is 4.64. The van der Waals surface area contributed by atoms with Crippen molar-refractivity contribution in [3.8, 4) is 0 Å². The molecule has 5 heteroatoms. The second kappa shape index (κ2) is 6.50. The summed E-state index contributed by atoms with van der Waals surface area (Å²) in [7, 11) is 2.17. The number of hydrogen-bond donors (Lipinski definition) is 2. The lowest BCUT2D eigenvalue weighted by molar-refractivity contribution is -0.143. The third-order valence-corrected chi connectivity index (χ3v) is 3.99. The van der Waals surface area contributed by atoms with Gasteiger partial charge in [-0.15, -0.1) is 0 Å². The Labute approximate surface area is 110 Å². The Bertz CT molecular complexity index is 281. The van der Waals surface area contributed by atoms with Crippen LogP contribution in [0.1, 0.15) is 33.1 Å². The van der Waals surface area contributed by atoms with Crippen molar-refractivity contribution in [3.05, 3.63) is 0 Å². The highest BCUT2D eigenvalue weighted by Gasteiger charge is 2.28. The van der Waals surface area contributed by atoms with Crippen molar-refractivity contribution < 1.29 is 9.90 Å². The van der Waals surface area contributed by atoms with Gasteiger partial charge in [0.25, 0.3) is 0 Å². The maximum atomic E-state index is 10.9. The summed E-state index contributed by atoms with van der Waals surface area (Å²) in [4.78, 5) is 15.7. The predicted molar refractivity (Wildman–Crippen MR) is 72.6 cm³/mol. The zero-order valence-corrected chi connectivity index (χ0v) is 11.9. The average molecular weight is 257 g/mol. The van der Waals surface area contributed by atoms with E-state index < -0.39 is 11.5 Å². The van der Waals surface area contributed by atoms with Gasteiger partial charge >= 0.3 is 5.97 Å². The Morgan fingerprint density at radius 2 is 2.17 bits per heavy atom. The second-order valence-electron chi connectivity index (χ2n) is 5.67. The molecule has 106 valence electrons. The van der Waals surface area contributed by atoms with E-state index in [0.29, 0.717) is 12.5 Å². The Balaban J connectivity index is 2.30. The molecule has 0 spiro atoms. The standard InChI is InChI=1S/C13H27N3O2/c1-4-11-10-16(9-8-15(11)3)7-5-6-13(2,14)12(17)18/h11H,4-10,14H2,1-3H3,(H,17,18). The average Bonchev–Trinajstić information content (AvgIpc) is 2.31. The summed E-state index contributed by atoms with van der Waals surface area (Å²) in [5.74, 6) is -0.910. The summed E-state index contributed by atoms with van der Waals surface area (Å²) in [6, 6.07) is 0.627. The highest BCUT2D eigenvalue weighted by atomic mass is 16.4. The van der Waals surface area contributed by atoms with Crippen molar-refractivity contribution in [2.45, 2.75) is 44.7 Å². The van der Waals surface area contributed by atoms with E-state index in [1.54, 1.807) is 6.92 Å².